The van der Waals surface area contributed by atoms with Gasteiger partial charge in [-0.25, -0.2) is 0 Å². The van der Waals surface area contributed by atoms with Crippen molar-refractivity contribution < 1.29 is 5.11 Å². The second kappa shape index (κ2) is 4.45. The molecule has 0 aliphatic rings. The smallest absolute Gasteiger partial charge is 0.0955 e. The van der Waals surface area contributed by atoms with Gasteiger partial charge >= 0.3 is 0 Å². The summed E-state index contributed by atoms with van der Waals surface area (Å²) >= 11 is 6.13. The number of halogens is 1. The lowest BCUT2D eigenvalue weighted by atomic mass is 10.00. The van der Waals surface area contributed by atoms with E-state index in [0.29, 0.717) is 17.0 Å². The van der Waals surface area contributed by atoms with E-state index < -0.39 is 6.10 Å². The molecule has 2 unspecified atom stereocenters. The van der Waals surface area contributed by atoms with E-state index >= 15 is 0 Å². The molecule has 86 valence electrons. The molecule has 4 N–H and O–H groups in total. The number of benzene rings is 1. The van der Waals surface area contributed by atoms with Crippen LogP contribution in [0.5, 0.6) is 0 Å². The standard InChI is InChI=1S/C12H15ClN2O/c1-2-10(14)12(16)8-6-11-7(3-4-15-11)5-9(8)13/h3-6,10,12,15-16H,2,14H2,1H3. The van der Waals surface area contributed by atoms with Gasteiger partial charge in [0.25, 0.3) is 0 Å². The van der Waals surface area contributed by atoms with Crippen molar-refractivity contribution in [3.05, 3.63) is 35.0 Å². The van der Waals surface area contributed by atoms with Gasteiger partial charge in [-0.15, -0.1) is 0 Å². The number of aromatic nitrogens is 1. The Hall–Kier alpha value is -1.03. The molecule has 1 aromatic carbocycles. The fourth-order valence-corrected chi connectivity index (χ4v) is 2.05. The van der Waals surface area contributed by atoms with Gasteiger partial charge < -0.3 is 15.8 Å². The number of nitrogens with two attached hydrogens (primary N) is 1. The van der Waals surface area contributed by atoms with E-state index in [1.54, 1.807) is 0 Å². The van der Waals surface area contributed by atoms with E-state index in [-0.39, 0.29) is 6.04 Å². The molecule has 0 saturated carbocycles. The Kier molecular flexibility index (Phi) is 3.19. The van der Waals surface area contributed by atoms with Crippen molar-refractivity contribution in [2.75, 3.05) is 0 Å². The minimum Gasteiger partial charge on any atom is -0.387 e. The first-order valence-corrected chi connectivity index (χ1v) is 5.71. The molecule has 0 aliphatic heterocycles. The Morgan fingerprint density at radius 3 is 2.94 bits per heavy atom. The zero-order valence-electron chi connectivity index (χ0n) is 9.07. The van der Waals surface area contributed by atoms with Gasteiger partial charge in [0, 0.05) is 33.7 Å². The number of hydrogen-bond acceptors (Lipinski definition) is 2. The molecule has 0 fully saturated rings. The Bertz CT molecular complexity index is 495. The highest BCUT2D eigenvalue weighted by atomic mass is 35.5. The number of rotatable bonds is 3. The first-order valence-electron chi connectivity index (χ1n) is 5.33. The summed E-state index contributed by atoms with van der Waals surface area (Å²) in [5, 5.41) is 11.6. The number of aliphatic hydroxyl groups excluding tert-OH is 1. The normalized spacial score (nSPS) is 15.2. The predicted octanol–water partition coefficient (Wildman–Crippen LogP) is 2.59. The van der Waals surface area contributed by atoms with Crippen LogP contribution in [0.4, 0.5) is 0 Å². The van der Waals surface area contributed by atoms with Crippen molar-refractivity contribution in [1.82, 2.24) is 4.98 Å². The largest absolute Gasteiger partial charge is 0.387 e. The van der Waals surface area contributed by atoms with Gasteiger partial charge in [0.15, 0.2) is 0 Å². The van der Waals surface area contributed by atoms with Crippen molar-refractivity contribution >= 4 is 22.5 Å². The Balaban J connectivity index is 2.46. The maximum atomic E-state index is 10.0. The number of fused-ring (bicyclic) bond motifs is 1. The van der Waals surface area contributed by atoms with Crippen LogP contribution in [0.3, 0.4) is 0 Å². The molecule has 0 aliphatic carbocycles. The van der Waals surface area contributed by atoms with Gasteiger partial charge in [0.1, 0.15) is 0 Å². The molecule has 0 radical (unpaired) electrons. The number of aliphatic hydroxyl groups is 1. The second-order valence-corrected chi connectivity index (χ2v) is 4.36. The zero-order valence-corrected chi connectivity index (χ0v) is 9.83. The minimum atomic E-state index is -0.717. The highest BCUT2D eigenvalue weighted by Crippen LogP contribution is 2.29. The fraction of sp³-hybridized carbons (Fsp3) is 0.333. The lowest BCUT2D eigenvalue weighted by Crippen LogP contribution is -2.27. The van der Waals surface area contributed by atoms with Gasteiger partial charge in [0.05, 0.1) is 6.10 Å². The van der Waals surface area contributed by atoms with Crippen LogP contribution in [-0.4, -0.2) is 16.1 Å². The van der Waals surface area contributed by atoms with Gasteiger partial charge in [-0.1, -0.05) is 18.5 Å². The molecule has 1 aromatic heterocycles. The summed E-state index contributed by atoms with van der Waals surface area (Å²) in [4.78, 5) is 3.09. The van der Waals surface area contributed by atoms with Crippen LogP contribution < -0.4 is 5.73 Å². The molecule has 4 heteroatoms. The molecule has 3 nitrogen and oxygen atoms in total. The summed E-state index contributed by atoms with van der Waals surface area (Å²) in [7, 11) is 0. The third-order valence-electron chi connectivity index (χ3n) is 2.87. The van der Waals surface area contributed by atoms with Crippen LogP contribution >= 0.6 is 11.6 Å². The first kappa shape index (κ1) is 11.5. The number of nitrogens with one attached hydrogen (secondary N) is 1. The highest BCUT2D eigenvalue weighted by Gasteiger charge is 2.18. The summed E-state index contributed by atoms with van der Waals surface area (Å²) in [6.45, 7) is 1.94. The summed E-state index contributed by atoms with van der Waals surface area (Å²) in [5.41, 5.74) is 7.46. The maximum absolute atomic E-state index is 10.0. The van der Waals surface area contributed by atoms with E-state index in [4.69, 9.17) is 17.3 Å². The number of H-pyrrole nitrogens is 1. The van der Waals surface area contributed by atoms with Crippen LogP contribution in [0.25, 0.3) is 10.9 Å². The predicted molar refractivity (Wildman–Crippen MR) is 66.5 cm³/mol. The summed E-state index contributed by atoms with van der Waals surface area (Å²) in [6.07, 6.45) is 1.84. The van der Waals surface area contributed by atoms with Crippen molar-refractivity contribution in [1.29, 1.82) is 0 Å². The summed E-state index contributed by atoms with van der Waals surface area (Å²) in [6, 6.07) is 5.36. The average Bonchev–Trinajstić information content (AvgIpc) is 2.72. The number of aromatic amines is 1. The molecule has 0 saturated heterocycles. The fourth-order valence-electron chi connectivity index (χ4n) is 1.77. The second-order valence-electron chi connectivity index (χ2n) is 3.96. The summed E-state index contributed by atoms with van der Waals surface area (Å²) in [5.74, 6) is 0. The quantitative estimate of drug-likeness (QED) is 0.770. The zero-order chi connectivity index (χ0) is 11.7. The van der Waals surface area contributed by atoms with Crippen molar-refractivity contribution in [2.24, 2.45) is 5.73 Å². The molecule has 0 spiro atoms. The van der Waals surface area contributed by atoms with Gasteiger partial charge in [-0.3, -0.25) is 0 Å². The Labute approximate surface area is 99.2 Å². The topological polar surface area (TPSA) is 62.0 Å². The van der Waals surface area contributed by atoms with Gasteiger partial charge in [-0.05, 0) is 24.6 Å². The SMILES string of the molecule is CCC(N)C(O)c1cc2[nH]ccc2cc1Cl. The van der Waals surface area contributed by atoms with Crippen LogP contribution in [0.1, 0.15) is 25.0 Å². The first-order chi connectivity index (χ1) is 7.63. The van der Waals surface area contributed by atoms with Crippen LogP contribution in [0, 0.1) is 0 Å². The third kappa shape index (κ3) is 1.94. The van der Waals surface area contributed by atoms with E-state index in [1.807, 2.05) is 31.3 Å². The molecule has 0 bridgehead atoms. The molecule has 16 heavy (non-hydrogen) atoms. The molecule has 2 atom stereocenters. The van der Waals surface area contributed by atoms with Crippen molar-refractivity contribution in [3.63, 3.8) is 0 Å². The number of hydrogen-bond donors (Lipinski definition) is 3. The van der Waals surface area contributed by atoms with Gasteiger partial charge in [-0.2, -0.15) is 0 Å². The molecular weight excluding hydrogens is 224 g/mol. The monoisotopic (exact) mass is 238 g/mol. The average molecular weight is 239 g/mol. The maximum Gasteiger partial charge on any atom is 0.0955 e. The van der Waals surface area contributed by atoms with E-state index in [9.17, 15) is 5.11 Å². The lowest BCUT2D eigenvalue weighted by molar-refractivity contribution is 0.144. The van der Waals surface area contributed by atoms with Gasteiger partial charge in [0.2, 0.25) is 0 Å². The molecule has 0 amide bonds. The summed E-state index contributed by atoms with van der Waals surface area (Å²) < 4.78 is 0. The van der Waals surface area contributed by atoms with Crippen molar-refractivity contribution in [3.8, 4) is 0 Å². The molecular formula is C12H15ClN2O. The molecule has 1 heterocycles. The Morgan fingerprint density at radius 2 is 2.25 bits per heavy atom. The molecule has 2 rings (SSSR count). The Morgan fingerprint density at radius 1 is 1.50 bits per heavy atom. The molecule has 2 aromatic rings. The lowest BCUT2D eigenvalue weighted by Gasteiger charge is -2.18. The van der Waals surface area contributed by atoms with Crippen LogP contribution in [0.15, 0.2) is 24.4 Å². The highest BCUT2D eigenvalue weighted by molar-refractivity contribution is 6.32. The minimum absolute atomic E-state index is 0.287. The van der Waals surface area contributed by atoms with E-state index in [2.05, 4.69) is 4.98 Å². The van der Waals surface area contributed by atoms with Crippen molar-refractivity contribution in [2.45, 2.75) is 25.5 Å². The van der Waals surface area contributed by atoms with Crippen LogP contribution in [-0.2, 0) is 0 Å². The third-order valence-corrected chi connectivity index (χ3v) is 3.19. The van der Waals surface area contributed by atoms with Crippen LogP contribution in [0.2, 0.25) is 5.02 Å². The van der Waals surface area contributed by atoms with E-state index in [1.165, 1.54) is 0 Å². The van der Waals surface area contributed by atoms with E-state index in [0.717, 1.165) is 10.9 Å².